The Kier molecular flexibility index (Phi) is 6.94. The molecule has 0 fully saturated rings. The van der Waals surface area contributed by atoms with Gasteiger partial charge in [0.05, 0.1) is 0 Å². The van der Waals surface area contributed by atoms with Gasteiger partial charge in [-0.15, -0.1) is 0 Å². The van der Waals surface area contributed by atoms with Crippen molar-refractivity contribution in [1.29, 1.82) is 0 Å². The second-order valence-corrected chi connectivity index (χ2v) is 12.1. The van der Waals surface area contributed by atoms with Gasteiger partial charge in [0.15, 0.2) is 17.5 Å². The smallest absolute Gasteiger partial charge is 0.395 e. The molecule has 3 aliphatic rings. The van der Waals surface area contributed by atoms with E-state index in [1.54, 1.807) is 0 Å². The summed E-state index contributed by atoms with van der Waals surface area (Å²) in [7, 11) is 0. The third-order valence-electron chi connectivity index (χ3n) is 9.21. The number of allylic oxidation sites excluding steroid dienone is 4. The van der Waals surface area contributed by atoms with Crippen molar-refractivity contribution in [3.8, 4) is 33.9 Å². The number of rotatable bonds is 5. The molecule has 224 valence electrons. The van der Waals surface area contributed by atoms with Crippen LogP contribution in [-0.4, -0.2) is 33.5 Å². The lowest BCUT2D eigenvalue weighted by atomic mass is 9.41. The highest BCUT2D eigenvalue weighted by Gasteiger charge is 2.44. The summed E-state index contributed by atoms with van der Waals surface area (Å²) in [5, 5.41) is 0. The molecule has 0 aliphatic carbocycles. The van der Waals surface area contributed by atoms with E-state index in [0.29, 0.717) is 17.5 Å². The number of nitrogens with zero attached hydrogens (tertiary/aromatic N) is 5. The molecule has 5 nitrogen and oxygen atoms in total. The molecule has 0 bridgehead atoms. The summed E-state index contributed by atoms with van der Waals surface area (Å²) in [6.45, 7) is 0.0233. The van der Waals surface area contributed by atoms with Crippen LogP contribution in [0.15, 0.2) is 176 Å². The van der Waals surface area contributed by atoms with Gasteiger partial charge < -0.3 is 9.53 Å². The van der Waals surface area contributed by atoms with Crippen molar-refractivity contribution in [3.05, 3.63) is 187 Å². The Labute approximate surface area is 281 Å². The Morgan fingerprint density at radius 3 is 1.67 bits per heavy atom. The summed E-state index contributed by atoms with van der Waals surface area (Å²) in [5.41, 5.74) is 10.1. The van der Waals surface area contributed by atoms with Gasteiger partial charge in [0, 0.05) is 28.6 Å². The van der Waals surface area contributed by atoms with Gasteiger partial charge in [-0.2, -0.15) is 0 Å². The normalized spacial score (nSPS) is 14.6. The predicted octanol–water partition coefficient (Wildman–Crippen LogP) is 7.98. The zero-order chi connectivity index (χ0) is 31.9. The summed E-state index contributed by atoms with van der Waals surface area (Å²) in [6, 6.07) is 48.2. The minimum absolute atomic E-state index is 0.0221. The van der Waals surface area contributed by atoms with Gasteiger partial charge in [-0.1, -0.05) is 151 Å². The van der Waals surface area contributed by atoms with E-state index in [2.05, 4.69) is 125 Å². The fourth-order valence-electron chi connectivity index (χ4n) is 6.91. The first kappa shape index (κ1) is 28.1. The molecule has 0 N–H and O–H groups in total. The average molecular weight is 613 g/mol. The average Bonchev–Trinajstić information content (AvgIpc) is 3.18. The summed E-state index contributed by atoms with van der Waals surface area (Å²) in [6.07, 6.45) is 8.85. The minimum atomic E-state index is -0.0221. The van der Waals surface area contributed by atoms with Crippen LogP contribution in [0.4, 0.5) is 5.69 Å². The molecule has 0 saturated carbocycles. The van der Waals surface area contributed by atoms with Crippen molar-refractivity contribution >= 4 is 36.1 Å². The van der Waals surface area contributed by atoms with Crippen LogP contribution >= 0.6 is 0 Å². The van der Waals surface area contributed by atoms with Gasteiger partial charge in [-0.05, 0) is 46.1 Å². The van der Waals surface area contributed by atoms with E-state index in [4.69, 9.17) is 15.0 Å². The topological polar surface area (TPSA) is 45.2 Å². The van der Waals surface area contributed by atoms with Crippen LogP contribution in [0.5, 0.6) is 0 Å². The highest BCUT2D eigenvalue weighted by atomic mass is 15.2. The maximum absolute atomic E-state index is 5.03. The van der Waals surface area contributed by atoms with E-state index in [9.17, 15) is 0 Å². The lowest BCUT2D eigenvalue weighted by Crippen LogP contribution is -2.64. The van der Waals surface area contributed by atoms with E-state index in [1.807, 2.05) is 60.7 Å². The molecule has 0 amide bonds. The molecule has 0 radical (unpaired) electrons. The molecule has 0 unspecified atom stereocenters. The van der Waals surface area contributed by atoms with Crippen molar-refractivity contribution in [3.63, 3.8) is 0 Å². The van der Waals surface area contributed by atoms with Crippen LogP contribution < -0.4 is 10.3 Å². The molecule has 1 aromatic heterocycles. The van der Waals surface area contributed by atoms with Gasteiger partial charge in [-0.25, -0.2) is 15.0 Å². The van der Waals surface area contributed by atoms with Gasteiger partial charge in [0.25, 0.3) is 0 Å². The Hall–Kier alpha value is -6.20. The SMILES string of the molecule is C1=CC(c2nc(-c3ccccc3)nc(-c3ccccc3)n2)=CN2B1N1C=CC(c3ccccc3)=CB1c1c(-c3ccccc3)cccc12. The van der Waals surface area contributed by atoms with E-state index in [-0.39, 0.29) is 13.8 Å². The third-order valence-corrected chi connectivity index (χ3v) is 9.21. The third kappa shape index (κ3) is 4.97. The Morgan fingerprint density at radius 2 is 1.04 bits per heavy atom. The molecule has 6 aromatic rings. The van der Waals surface area contributed by atoms with E-state index >= 15 is 0 Å². The molecule has 0 spiro atoms. The Bertz CT molecular complexity index is 2190. The van der Waals surface area contributed by atoms with E-state index in [1.165, 1.54) is 33.4 Å². The zero-order valence-corrected chi connectivity index (χ0v) is 26.1. The molecular formula is C41H29B2N5. The van der Waals surface area contributed by atoms with Crippen molar-refractivity contribution in [2.75, 3.05) is 4.81 Å². The molecule has 0 saturated heterocycles. The quantitative estimate of drug-likeness (QED) is 0.185. The van der Waals surface area contributed by atoms with Crippen molar-refractivity contribution < 1.29 is 0 Å². The lowest BCUT2D eigenvalue weighted by molar-refractivity contribution is 0.879. The largest absolute Gasteiger partial charge is 0.437 e. The lowest BCUT2D eigenvalue weighted by Gasteiger charge is -2.47. The van der Waals surface area contributed by atoms with Gasteiger partial charge in [-0.3, -0.25) is 0 Å². The van der Waals surface area contributed by atoms with Crippen LogP contribution in [-0.2, 0) is 0 Å². The summed E-state index contributed by atoms with van der Waals surface area (Å²) in [4.78, 5) is 17.3. The molecule has 48 heavy (non-hydrogen) atoms. The van der Waals surface area contributed by atoms with Gasteiger partial charge in [0.2, 0.25) is 0 Å². The first-order chi connectivity index (χ1) is 23.8. The molecule has 0 atom stereocenters. The second-order valence-electron chi connectivity index (χ2n) is 12.1. The van der Waals surface area contributed by atoms with Crippen molar-refractivity contribution in [2.45, 2.75) is 0 Å². The second kappa shape index (κ2) is 11.9. The summed E-state index contributed by atoms with van der Waals surface area (Å²) >= 11 is 0. The Morgan fingerprint density at radius 1 is 0.479 bits per heavy atom. The molecule has 4 heterocycles. The number of hydrogen-bond donors (Lipinski definition) is 0. The molecule has 5 aromatic carbocycles. The first-order valence-electron chi connectivity index (χ1n) is 16.3. The van der Waals surface area contributed by atoms with Crippen LogP contribution in [0, 0.1) is 0 Å². The maximum Gasteiger partial charge on any atom is 0.395 e. The Balaban J connectivity index is 1.21. The van der Waals surface area contributed by atoms with Crippen LogP contribution in [0.1, 0.15) is 11.4 Å². The van der Waals surface area contributed by atoms with Crippen molar-refractivity contribution in [1.82, 2.24) is 19.7 Å². The van der Waals surface area contributed by atoms with Gasteiger partial charge >= 0.3 is 13.8 Å². The highest BCUT2D eigenvalue weighted by Crippen LogP contribution is 2.36. The highest BCUT2D eigenvalue weighted by molar-refractivity contribution is 6.92. The summed E-state index contributed by atoms with van der Waals surface area (Å²) in [5.74, 6) is 6.62. The molecule has 7 heteroatoms. The van der Waals surface area contributed by atoms with Crippen LogP contribution in [0.25, 0.3) is 45.0 Å². The summed E-state index contributed by atoms with van der Waals surface area (Å²) < 4.78 is 2.45. The first-order valence-corrected chi connectivity index (χ1v) is 16.3. The van der Waals surface area contributed by atoms with Crippen LogP contribution in [0.2, 0.25) is 0 Å². The molecular weight excluding hydrogens is 584 g/mol. The number of anilines is 1. The fraction of sp³-hybridized carbons (Fsp3) is 0. The van der Waals surface area contributed by atoms with E-state index in [0.717, 1.165) is 16.7 Å². The zero-order valence-electron chi connectivity index (χ0n) is 26.1. The van der Waals surface area contributed by atoms with Crippen molar-refractivity contribution in [2.24, 2.45) is 0 Å². The van der Waals surface area contributed by atoms with Crippen LogP contribution in [0.3, 0.4) is 0 Å². The number of fused-ring (bicyclic) bond motifs is 6. The fourth-order valence-corrected chi connectivity index (χ4v) is 6.91. The standard InChI is InChI=1S/C41H29B2N5/c1-5-14-30(15-6-1)34-25-27-48-42(28-34)38-36(31-16-7-2-8-17-31)22-13-23-37(38)47-29-35(24-26-43(47)48)41-45-39(32-18-9-3-10-19-32)44-40(46-41)33-20-11-4-12-21-33/h1-29H. The monoisotopic (exact) mass is 613 g/mol. The minimum Gasteiger partial charge on any atom is -0.437 e. The number of aromatic nitrogens is 3. The number of hydrogen-bond acceptors (Lipinski definition) is 5. The predicted molar refractivity (Wildman–Crippen MR) is 199 cm³/mol. The maximum atomic E-state index is 5.03. The molecule has 9 rings (SSSR count). The number of benzene rings is 5. The molecule has 3 aliphatic heterocycles. The van der Waals surface area contributed by atoms with Gasteiger partial charge in [0.1, 0.15) is 0 Å². The van der Waals surface area contributed by atoms with E-state index < -0.39 is 0 Å².